The molecule has 0 spiro atoms. The van der Waals surface area contributed by atoms with Crippen LogP contribution in [-0.2, 0) is 0 Å². The van der Waals surface area contributed by atoms with Gasteiger partial charge in [0, 0.05) is 16.7 Å². The van der Waals surface area contributed by atoms with E-state index in [1.165, 1.54) is 0 Å². The zero-order chi connectivity index (χ0) is 13.8. The molecule has 0 amide bonds. The molecule has 0 aliphatic heterocycles. The summed E-state index contributed by atoms with van der Waals surface area (Å²) in [5, 5.41) is 4.16. The molecule has 0 N–H and O–H groups in total. The van der Waals surface area contributed by atoms with Gasteiger partial charge < -0.3 is 0 Å². The quantitative estimate of drug-likeness (QED) is 0.627. The molecule has 0 fully saturated rings. The Morgan fingerprint density at radius 3 is 2.58 bits per heavy atom. The molecule has 0 bridgehead atoms. The molecule has 2 aromatic rings. The highest BCUT2D eigenvalue weighted by Gasteiger charge is 2.06. The van der Waals surface area contributed by atoms with Gasteiger partial charge in [-0.25, -0.2) is 0 Å². The van der Waals surface area contributed by atoms with Gasteiger partial charge in [0.15, 0.2) is 5.78 Å². The van der Waals surface area contributed by atoms with Gasteiger partial charge in [0.25, 0.3) is 0 Å². The normalized spacial score (nSPS) is 11.4. The van der Waals surface area contributed by atoms with Gasteiger partial charge >= 0.3 is 0 Å². The van der Waals surface area contributed by atoms with E-state index in [1.807, 2.05) is 44.2 Å². The van der Waals surface area contributed by atoms with Crippen LogP contribution in [0.25, 0.3) is 6.08 Å². The topological polar surface area (TPSA) is 34.9 Å². The summed E-state index contributed by atoms with van der Waals surface area (Å²) in [4.78, 5) is 12.0. The molecule has 0 unspecified atom stereocenters. The maximum absolute atomic E-state index is 12.0. The van der Waals surface area contributed by atoms with E-state index < -0.39 is 0 Å². The van der Waals surface area contributed by atoms with Crippen LogP contribution in [0.5, 0.6) is 0 Å². The van der Waals surface area contributed by atoms with Crippen LogP contribution in [0.3, 0.4) is 0 Å². The monoisotopic (exact) mass is 318 g/mol. The van der Waals surface area contributed by atoms with Crippen molar-refractivity contribution in [2.24, 2.45) is 0 Å². The van der Waals surface area contributed by atoms with Crippen molar-refractivity contribution in [3.8, 4) is 0 Å². The second-order valence-electron chi connectivity index (χ2n) is 4.55. The summed E-state index contributed by atoms with van der Waals surface area (Å²) in [7, 11) is 0. The molecule has 19 heavy (non-hydrogen) atoms. The first-order chi connectivity index (χ1) is 9.06. The number of ketones is 1. The maximum Gasteiger partial charge on any atom is 0.189 e. The average Bonchev–Trinajstić information content (AvgIpc) is 2.87. The van der Waals surface area contributed by atoms with Crippen LogP contribution in [-0.4, -0.2) is 15.6 Å². The predicted molar refractivity (Wildman–Crippen MR) is 80.1 cm³/mol. The van der Waals surface area contributed by atoms with Crippen LogP contribution < -0.4 is 0 Å². The molecular weight excluding hydrogens is 304 g/mol. The molecule has 0 saturated carbocycles. The van der Waals surface area contributed by atoms with Gasteiger partial charge in [0.1, 0.15) is 0 Å². The summed E-state index contributed by atoms with van der Waals surface area (Å²) in [6, 6.07) is 8.05. The minimum atomic E-state index is -0.0326. The van der Waals surface area contributed by atoms with E-state index in [9.17, 15) is 4.79 Å². The second-order valence-corrected chi connectivity index (χ2v) is 5.47. The number of carbonyl (C=O) groups excluding carboxylic acids is 1. The Hall–Kier alpha value is -1.68. The van der Waals surface area contributed by atoms with E-state index in [0.717, 1.165) is 10.0 Å². The van der Waals surface area contributed by atoms with Crippen molar-refractivity contribution in [3.63, 3.8) is 0 Å². The van der Waals surface area contributed by atoms with E-state index >= 15 is 0 Å². The van der Waals surface area contributed by atoms with Crippen molar-refractivity contribution < 1.29 is 4.79 Å². The van der Waals surface area contributed by atoms with E-state index in [4.69, 9.17) is 0 Å². The number of hydrogen-bond acceptors (Lipinski definition) is 2. The molecule has 0 saturated heterocycles. The molecular formula is C15H15BrN2O. The zero-order valence-electron chi connectivity index (χ0n) is 10.9. The summed E-state index contributed by atoms with van der Waals surface area (Å²) >= 11 is 3.38. The first-order valence-corrected chi connectivity index (χ1v) is 6.87. The van der Waals surface area contributed by atoms with Crippen molar-refractivity contribution in [2.45, 2.75) is 19.9 Å². The van der Waals surface area contributed by atoms with E-state index in [0.29, 0.717) is 5.56 Å². The Bertz CT molecular complexity index is 597. The number of carbonyl (C=O) groups is 1. The lowest BCUT2D eigenvalue weighted by Crippen LogP contribution is -2.00. The minimum absolute atomic E-state index is 0.0326. The third kappa shape index (κ3) is 3.64. The third-order valence-corrected chi connectivity index (χ3v) is 3.24. The van der Waals surface area contributed by atoms with Gasteiger partial charge in [0.2, 0.25) is 0 Å². The Morgan fingerprint density at radius 1 is 1.32 bits per heavy atom. The number of benzene rings is 1. The van der Waals surface area contributed by atoms with E-state index in [2.05, 4.69) is 21.0 Å². The van der Waals surface area contributed by atoms with Crippen LogP contribution in [0.4, 0.5) is 0 Å². The average molecular weight is 319 g/mol. The lowest BCUT2D eigenvalue weighted by Gasteiger charge is -2.02. The molecule has 3 nitrogen and oxygen atoms in total. The Balaban J connectivity index is 2.09. The summed E-state index contributed by atoms with van der Waals surface area (Å²) in [6.45, 7) is 4.05. The number of rotatable bonds is 4. The fraction of sp³-hybridized carbons (Fsp3) is 0.200. The van der Waals surface area contributed by atoms with Crippen LogP contribution in [0.2, 0.25) is 0 Å². The third-order valence-electron chi connectivity index (χ3n) is 2.71. The molecule has 98 valence electrons. The van der Waals surface area contributed by atoms with Gasteiger partial charge in [-0.05, 0) is 37.6 Å². The summed E-state index contributed by atoms with van der Waals surface area (Å²) in [6.07, 6.45) is 6.76. The SMILES string of the molecule is CC(C)n1cc(C(=O)/C=C/c2ccc(Br)cc2)cn1. The van der Waals surface area contributed by atoms with Crippen molar-refractivity contribution in [1.82, 2.24) is 9.78 Å². The number of aromatic nitrogens is 2. The fourth-order valence-electron chi connectivity index (χ4n) is 1.59. The predicted octanol–water partition coefficient (Wildman–Crippen LogP) is 4.12. The smallest absolute Gasteiger partial charge is 0.189 e. The van der Waals surface area contributed by atoms with Gasteiger partial charge in [-0.1, -0.05) is 34.1 Å². The minimum Gasteiger partial charge on any atom is -0.289 e. The first-order valence-electron chi connectivity index (χ1n) is 6.08. The zero-order valence-corrected chi connectivity index (χ0v) is 12.5. The Morgan fingerprint density at radius 2 is 2.00 bits per heavy atom. The highest BCUT2D eigenvalue weighted by Crippen LogP contribution is 2.12. The summed E-state index contributed by atoms with van der Waals surface area (Å²) in [5.41, 5.74) is 1.61. The van der Waals surface area contributed by atoms with Gasteiger partial charge in [-0.2, -0.15) is 5.10 Å². The summed E-state index contributed by atoms with van der Waals surface area (Å²) in [5.74, 6) is -0.0326. The molecule has 0 aliphatic rings. The summed E-state index contributed by atoms with van der Waals surface area (Å²) < 4.78 is 2.80. The van der Waals surface area contributed by atoms with Gasteiger partial charge in [-0.15, -0.1) is 0 Å². The first kappa shape index (κ1) is 13.7. The molecule has 1 aromatic carbocycles. The molecule has 2 rings (SSSR count). The van der Waals surface area contributed by atoms with Crippen LogP contribution in [0.1, 0.15) is 35.8 Å². The maximum atomic E-state index is 12.0. The molecule has 0 radical (unpaired) electrons. The lowest BCUT2D eigenvalue weighted by atomic mass is 10.1. The largest absolute Gasteiger partial charge is 0.289 e. The lowest BCUT2D eigenvalue weighted by molar-refractivity contribution is 0.104. The van der Waals surface area contributed by atoms with Crippen molar-refractivity contribution in [1.29, 1.82) is 0 Å². The molecule has 1 aromatic heterocycles. The van der Waals surface area contributed by atoms with Crippen molar-refractivity contribution in [2.75, 3.05) is 0 Å². The molecule has 0 aliphatic carbocycles. The molecule has 0 atom stereocenters. The van der Waals surface area contributed by atoms with Crippen LogP contribution in [0, 0.1) is 0 Å². The van der Waals surface area contributed by atoms with Crippen molar-refractivity contribution >= 4 is 27.8 Å². The highest BCUT2D eigenvalue weighted by atomic mass is 79.9. The molecule has 4 heteroatoms. The molecule has 1 heterocycles. The Kier molecular flexibility index (Phi) is 4.32. The van der Waals surface area contributed by atoms with Crippen molar-refractivity contribution in [3.05, 3.63) is 58.3 Å². The fourth-order valence-corrected chi connectivity index (χ4v) is 1.85. The van der Waals surface area contributed by atoms with E-state index in [1.54, 1.807) is 23.2 Å². The second kappa shape index (κ2) is 5.97. The number of allylic oxidation sites excluding steroid dienone is 1. The number of halogens is 1. The van der Waals surface area contributed by atoms with Crippen LogP contribution >= 0.6 is 15.9 Å². The highest BCUT2D eigenvalue weighted by molar-refractivity contribution is 9.10. The van der Waals surface area contributed by atoms with Crippen LogP contribution in [0.15, 0.2) is 47.2 Å². The van der Waals surface area contributed by atoms with Gasteiger partial charge in [0.05, 0.1) is 11.8 Å². The van der Waals surface area contributed by atoms with E-state index in [-0.39, 0.29) is 11.8 Å². The standard InChI is InChI=1S/C15H15BrN2O/c1-11(2)18-10-13(9-17-18)15(19)8-5-12-3-6-14(16)7-4-12/h3-11H,1-2H3/b8-5+. The Labute approximate surface area is 121 Å². The number of nitrogens with zero attached hydrogens (tertiary/aromatic N) is 2. The number of hydrogen-bond donors (Lipinski definition) is 0. The van der Waals surface area contributed by atoms with Gasteiger partial charge in [-0.3, -0.25) is 9.48 Å².